The molecule has 0 bridgehead atoms. The molecule has 0 aliphatic heterocycles. The van der Waals surface area contributed by atoms with Crippen LogP contribution in [-0.4, -0.2) is 27.6 Å². The molecule has 1 heterocycles. The summed E-state index contributed by atoms with van der Waals surface area (Å²) in [6.45, 7) is -0.287. The second-order valence-corrected chi connectivity index (χ2v) is 5.99. The van der Waals surface area contributed by atoms with Crippen LogP contribution in [0, 0.1) is 0 Å². The van der Waals surface area contributed by atoms with Gasteiger partial charge in [0, 0.05) is 17.0 Å². The monoisotopic (exact) mass is 333 g/mol. The van der Waals surface area contributed by atoms with E-state index in [2.05, 4.69) is 15.3 Å². The van der Waals surface area contributed by atoms with E-state index in [-0.39, 0.29) is 23.8 Å². The van der Waals surface area contributed by atoms with Gasteiger partial charge in [0.1, 0.15) is 11.5 Å². The van der Waals surface area contributed by atoms with Crippen molar-refractivity contribution < 1.29 is 9.90 Å². The Labute approximate surface area is 137 Å². The van der Waals surface area contributed by atoms with Crippen molar-refractivity contribution in [3.05, 3.63) is 62.8 Å². The first-order valence-electron chi connectivity index (χ1n) is 7.35. The van der Waals surface area contributed by atoms with Crippen LogP contribution in [0.5, 0.6) is 0 Å². The summed E-state index contributed by atoms with van der Waals surface area (Å²) in [4.78, 5) is 30.9. The number of benzene rings is 1. The normalized spacial score (nSPS) is 15.2. The van der Waals surface area contributed by atoms with Crippen molar-refractivity contribution in [1.82, 2.24) is 15.3 Å². The predicted octanol–water partition coefficient (Wildman–Crippen LogP) is 1.76. The van der Waals surface area contributed by atoms with Crippen molar-refractivity contribution in [2.24, 2.45) is 0 Å². The first-order chi connectivity index (χ1) is 11.1. The first-order valence-corrected chi connectivity index (χ1v) is 7.73. The van der Waals surface area contributed by atoms with Crippen LogP contribution < -0.4 is 10.9 Å². The molecule has 1 aliphatic carbocycles. The fraction of sp³-hybridized carbons (Fsp3) is 0.312. The van der Waals surface area contributed by atoms with E-state index in [0.29, 0.717) is 16.4 Å². The summed E-state index contributed by atoms with van der Waals surface area (Å²) in [5, 5.41) is 12.7. The SMILES string of the molecule is O=C(NC(CO)c1cccc(Cl)c1)c1cc(=O)[nH]c(C2CC2)n1. The summed E-state index contributed by atoms with van der Waals surface area (Å²) in [5.74, 6) is 0.278. The van der Waals surface area contributed by atoms with Crippen molar-refractivity contribution in [3.8, 4) is 0 Å². The quantitative estimate of drug-likeness (QED) is 0.777. The number of aliphatic hydroxyl groups excluding tert-OH is 1. The molecule has 1 saturated carbocycles. The van der Waals surface area contributed by atoms with Gasteiger partial charge in [-0.1, -0.05) is 23.7 Å². The highest BCUT2D eigenvalue weighted by molar-refractivity contribution is 6.30. The molecule has 7 heteroatoms. The third kappa shape index (κ3) is 3.78. The lowest BCUT2D eigenvalue weighted by Crippen LogP contribution is -2.32. The third-order valence-corrected chi connectivity index (χ3v) is 3.93. The molecule has 0 saturated heterocycles. The van der Waals surface area contributed by atoms with Crippen LogP contribution in [0.4, 0.5) is 0 Å². The van der Waals surface area contributed by atoms with Crippen LogP contribution in [0.2, 0.25) is 5.02 Å². The Morgan fingerprint density at radius 2 is 2.22 bits per heavy atom. The van der Waals surface area contributed by atoms with Gasteiger partial charge in [-0.25, -0.2) is 4.98 Å². The van der Waals surface area contributed by atoms with E-state index in [1.807, 2.05) is 0 Å². The number of rotatable bonds is 5. The Kier molecular flexibility index (Phi) is 4.45. The average Bonchev–Trinajstić information content (AvgIpc) is 3.36. The molecule has 2 aromatic rings. The van der Waals surface area contributed by atoms with E-state index in [4.69, 9.17) is 11.6 Å². The van der Waals surface area contributed by atoms with E-state index in [0.717, 1.165) is 18.9 Å². The van der Waals surface area contributed by atoms with E-state index in [9.17, 15) is 14.7 Å². The standard InChI is InChI=1S/C16H16ClN3O3/c17-11-3-1-2-10(6-11)13(8-21)19-16(23)12-7-14(22)20-15(18-12)9-4-5-9/h1-3,6-7,9,13,21H,4-5,8H2,(H,19,23)(H,18,20,22). The third-order valence-electron chi connectivity index (χ3n) is 3.70. The number of halogens is 1. The van der Waals surface area contributed by atoms with Gasteiger partial charge in [0.15, 0.2) is 0 Å². The molecular weight excluding hydrogens is 318 g/mol. The lowest BCUT2D eigenvalue weighted by atomic mass is 10.1. The van der Waals surface area contributed by atoms with E-state index in [1.54, 1.807) is 24.3 Å². The summed E-state index contributed by atoms with van der Waals surface area (Å²) >= 11 is 5.93. The molecule has 6 nitrogen and oxygen atoms in total. The molecule has 3 rings (SSSR count). The zero-order valence-electron chi connectivity index (χ0n) is 12.3. The van der Waals surface area contributed by atoms with Crippen LogP contribution in [0.3, 0.4) is 0 Å². The minimum Gasteiger partial charge on any atom is -0.394 e. The van der Waals surface area contributed by atoms with Crippen LogP contribution in [0.15, 0.2) is 35.1 Å². The number of nitrogens with one attached hydrogen (secondary N) is 2. The smallest absolute Gasteiger partial charge is 0.270 e. The van der Waals surface area contributed by atoms with Gasteiger partial charge < -0.3 is 15.4 Å². The van der Waals surface area contributed by atoms with Gasteiger partial charge in [-0.3, -0.25) is 9.59 Å². The van der Waals surface area contributed by atoms with Crippen molar-refractivity contribution in [2.45, 2.75) is 24.8 Å². The van der Waals surface area contributed by atoms with Gasteiger partial charge in [0.25, 0.3) is 11.5 Å². The molecule has 1 unspecified atom stereocenters. The fourth-order valence-electron chi connectivity index (χ4n) is 2.33. The Bertz CT molecular complexity index is 786. The maximum atomic E-state index is 12.3. The van der Waals surface area contributed by atoms with Gasteiger partial charge in [-0.2, -0.15) is 0 Å². The summed E-state index contributed by atoms with van der Waals surface area (Å²) < 4.78 is 0. The molecule has 1 aromatic carbocycles. The zero-order valence-corrected chi connectivity index (χ0v) is 13.0. The van der Waals surface area contributed by atoms with Crippen molar-refractivity contribution >= 4 is 17.5 Å². The molecule has 0 spiro atoms. The summed E-state index contributed by atoms with van der Waals surface area (Å²) in [7, 11) is 0. The molecule has 1 aromatic heterocycles. The number of H-pyrrole nitrogens is 1. The number of nitrogens with zero attached hydrogens (tertiary/aromatic N) is 1. The molecule has 1 atom stereocenters. The summed E-state index contributed by atoms with van der Waals surface area (Å²) in [5.41, 5.74) is 0.382. The van der Waals surface area contributed by atoms with Crippen molar-refractivity contribution in [2.75, 3.05) is 6.61 Å². The van der Waals surface area contributed by atoms with E-state index >= 15 is 0 Å². The maximum absolute atomic E-state index is 12.3. The van der Waals surface area contributed by atoms with Gasteiger partial charge >= 0.3 is 0 Å². The number of hydrogen-bond donors (Lipinski definition) is 3. The minimum absolute atomic E-state index is 0.0520. The number of hydrogen-bond acceptors (Lipinski definition) is 4. The lowest BCUT2D eigenvalue weighted by molar-refractivity contribution is 0.0910. The highest BCUT2D eigenvalue weighted by atomic mass is 35.5. The van der Waals surface area contributed by atoms with Crippen molar-refractivity contribution in [3.63, 3.8) is 0 Å². The molecule has 23 heavy (non-hydrogen) atoms. The molecular formula is C16H16ClN3O3. The highest BCUT2D eigenvalue weighted by Gasteiger charge is 2.27. The van der Waals surface area contributed by atoms with Gasteiger partial charge in [-0.15, -0.1) is 0 Å². The van der Waals surface area contributed by atoms with E-state index in [1.165, 1.54) is 0 Å². The van der Waals surface area contributed by atoms with Gasteiger partial charge in [0.2, 0.25) is 0 Å². The molecule has 120 valence electrons. The minimum atomic E-state index is -0.619. The lowest BCUT2D eigenvalue weighted by Gasteiger charge is -2.17. The Balaban J connectivity index is 1.81. The summed E-state index contributed by atoms with van der Waals surface area (Å²) in [6, 6.07) is 7.42. The zero-order chi connectivity index (χ0) is 16.4. The van der Waals surface area contributed by atoms with Crippen LogP contribution >= 0.6 is 11.6 Å². The summed E-state index contributed by atoms with van der Waals surface area (Å²) in [6.07, 6.45) is 1.94. The number of carbonyl (C=O) groups is 1. The molecule has 1 fully saturated rings. The Hall–Kier alpha value is -2.18. The van der Waals surface area contributed by atoms with Crippen molar-refractivity contribution in [1.29, 1.82) is 0 Å². The molecule has 1 aliphatic rings. The van der Waals surface area contributed by atoms with Crippen LogP contribution in [0.25, 0.3) is 0 Å². The van der Waals surface area contributed by atoms with Crippen LogP contribution in [0.1, 0.15) is 46.7 Å². The molecule has 3 N–H and O–H groups in total. The predicted molar refractivity (Wildman–Crippen MR) is 85.6 cm³/mol. The number of aliphatic hydroxyl groups is 1. The number of aromatic nitrogens is 2. The topological polar surface area (TPSA) is 95.1 Å². The fourth-order valence-corrected chi connectivity index (χ4v) is 2.53. The average molecular weight is 334 g/mol. The second kappa shape index (κ2) is 6.52. The first kappa shape index (κ1) is 15.7. The van der Waals surface area contributed by atoms with E-state index < -0.39 is 11.9 Å². The number of amides is 1. The maximum Gasteiger partial charge on any atom is 0.270 e. The Morgan fingerprint density at radius 3 is 2.87 bits per heavy atom. The highest BCUT2D eigenvalue weighted by Crippen LogP contribution is 2.37. The van der Waals surface area contributed by atoms with Gasteiger partial charge in [-0.05, 0) is 30.5 Å². The molecule has 0 radical (unpaired) electrons. The molecule has 1 amide bonds. The second-order valence-electron chi connectivity index (χ2n) is 5.55. The Morgan fingerprint density at radius 1 is 1.43 bits per heavy atom. The number of carbonyl (C=O) groups excluding carboxylic acids is 1. The van der Waals surface area contributed by atoms with Gasteiger partial charge in [0.05, 0.1) is 12.6 Å². The number of aromatic amines is 1. The largest absolute Gasteiger partial charge is 0.394 e. The van der Waals surface area contributed by atoms with Crippen LogP contribution in [-0.2, 0) is 0 Å².